The van der Waals surface area contributed by atoms with E-state index >= 15 is 0 Å². The smallest absolute Gasteiger partial charge is 0.258 e. The van der Waals surface area contributed by atoms with Gasteiger partial charge in [-0.05, 0) is 49.4 Å². The molecule has 0 aliphatic carbocycles. The second kappa shape index (κ2) is 6.68. The summed E-state index contributed by atoms with van der Waals surface area (Å²) in [7, 11) is 0. The van der Waals surface area contributed by atoms with Gasteiger partial charge in [0.2, 0.25) is 5.95 Å². The monoisotopic (exact) mass is 407 g/mol. The van der Waals surface area contributed by atoms with Crippen LogP contribution in [0.5, 0.6) is 0 Å². The molecule has 7 heteroatoms. The Kier molecular flexibility index (Phi) is 4.22. The summed E-state index contributed by atoms with van der Waals surface area (Å²) in [4.78, 5) is 25.6. The van der Waals surface area contributed by atoms with Crippen LogP contribution in [0.2, 0.25) is 0 Å². The Morgan fingerprint density at radius 1 is 1.08 bits per heavy atom. The number of benzene rings is 1. The predicted octanol–water partition coefficient (Wildman–Crippen LogP) is 4.11. The van der Waals surface area contributed by atoms with E-state index < -0.39 is 0 Å². The van der Waals surface area contributed by atoms with Gasteiger partial charge in [0.15, 0.2) is 0 Å². The lowest BCUT2D eigenvalue weighted by Gasteiger charge is -2.07. The van der Waals surface area contributed by atoms with Crippen LogP contribution in [0.4, 0.5) is 5.95 Å². The first-order chi connectivity index (χ1) is 12.6. The van der Waals surface area contributed by atoms with Crippen molar-refractivity contribution >= 4 is 33.4 Å². The maximum absolute atomic E-state index is 12.4. The Bertz CT molecular complexity index is 1100. The summed E-state index contributed by atoms with van der Waals surface area (Å²) in [6.45, 7) is 1.94. The van der Waals surface area contributed by atoms with Gasteiger partial charge in [-0.1, -0.05) is 22.0 Å². The fraction of sp³-hybridized carbons (Fsp3) is 0.0526. The molecule has 128 valence electrons. The van der Waals surface area contributed by atoms with Gasteiger partial charge in [-0.2, -0.15) is 0 Å². The van der Waals surface area contributed by atoms with Gasteiger partial charge >= 0.3 is 0 Å². The second-order valence-corrected chi connectivity index (χ2v) is 6.62. The number of imidazole rings is 1. The van der Waals surface area contributed by atoms with E-state index in [9.17, 15) is 4.79 Å². The van der Waals surface area contributed by atoms with Crippen molar-refractivity contribution in [1.82, 2.24) is 19.4 Å². The van der Waals surface area contributed by atoms with Crippen LogP contribution in [-0.2, 0) is 0 Å². The molecule has 0 unspecified atom stereocenters. The number of amides is 1. The molecule has 0 aliphatic heterocycles. The highest BCUT2D eigenvalue weighted by Gasteiger charge is 2.14. The molecule has 3 heterocycles. The Labute approximate surface area is 158 Å². The number of nitrogens with one attached hydrogen (secondary N) is 1. The third-order valence-corrected chi connectivity index (χ3v) is 4.46. The molecule has 0 atom stereocenters. The van der Waals surface area contributed by atoms with Crippen LogP contribution in [-0.4, -0.2) is 25.3 Å². The summed E-state index contributed by atoms with van der Waals surface area (Å²) >= 11 is 3.35. The SMILES string of the molecule is Cc1nc2ccccn2c1-c1ccnc(NC(=O)c2ccc(Br)cc2)n1. The van der Waals surface area contributed by atoms with E-state index in [4.69, 9.17) is 0 Å². The van der Waals surface area contributed by atoms with Crippen molar-refractivity contribution in [2.45, 2.75) is 6.92 Å². The average molecular weight is 408 g/mol. The van der Waals surface area contributed by atoms with Crippen LogP contribution in [0.1, 0.15) is 16.1 Å². The summed E-state index contributed by atoms with van der Waals surface area (Å²) in [5.41, 5.74) is 3.82. The first kappa shape index (κ1) is 16.4. The van der Waals surface area contributed by atoms with Crippen molar-refractivity contribution in [2.75, 3.05) is 5.32 Å². The minimum absolute atomic E-state index is 0.251. The van der Waals surface area contributed by atoms with Gasteiger partial charge in [-0.25, -0.2) is 15.0 Å². The first-order valence-electron chi connectivity index (χ1n) is 7.96. The second-order valence-electron chi connectivity index (χ2n) is 5.70. The van der Waals surface area contributed by atoms with Gasteiger partial charge < -0.3 is 0 Å². The summed E-state index contributed by atoms with van der Waals surface area (Å²) < 4.78 is 2.88. The number of aryl methyl sites for hydroxylation is 1. The van der Waals surface area contributed by atoms with Gasteiger partial charge in [0.1, 0.15) is 5.65 Å². The predicted molar refractivity (Wildman–Crippen MR) is 103 cm³/mol. The van der Waals surface area contributed by atoms with Gasteiger partial charge in [0, 0.05) is 22.4 Å². The van der Waals surface area contributed by atoms with Crippen LogP contribution in [0.15, 0.2) is 65.4 Å². The molecular formula is C19H14BrN5O. The Morgan fingerprint density at radius 2 is 1.88 bits per heavy atom. The Hall–Kier alpha value is -3.06. The molecule has 0 aliphatic rings. The minimum atomic E-state index is -0.260. The summed E-state index contributed by atoms with van der Waals surface area (Å²) in [6.07, 6.45) is 3.56. The molecule has 4 rings (SSSR count). The number of carbonyl (C=O) groups is 1. The molecule has 0 saturated heterocycles. The molecule has 6 nitrogen and oxygen atoms in total. The lowest BCUT2D eigenvalue weighted by atomic mass is 10.2. The number of anilines is 1. The van der Waals surface area contributed by atoms with E-state index in [1.807, 2.05) is 47.9 Å². The van der Waals surface area contributed by atoms with Crippen molar-refractivity contribution in [2.24, 2.45) is 0 Å². The fourth-order valence-corrected chi connectivity index (χ4v) is 3.01. The van der Waals surface area contributed by atoms with Gasteiger partial charge in [0.05, 0.1) is 17.1 Å². The highest BCUT2D eigenvalue weighted by Crippen LogP contribution is 2.23. The van der Waals surface area contributed by atoms with Gasteiger partial charge in [-0.15, -0.1) is 0 Å². The number of hydrogen-bond acceptors (Lipinski definition) is 4. The summed E-state index contributed by atoms with van der Waals surface area (Å²) in [5, 5.41) is 2.74. The normalized spacial score (nSPS) is 10.8. The highest BCUT2D eigenvalue weighted by molar-refractivity contribution is 9.10. The molecule has 0 spiro atoms. The topological polar surface area (TPSA) is 72.2 Å². The van der Waals surface area contributed by atoms with E-state index in [1.165, 1.54) is 0 Å². The quantitative estimate of drug-likeness (QED) is 0.554. The molecule has 4 aromatic rings. The minimum Gasteiger partial charge on any atom is -0.298 e. The lowest BCUT2D eigenvalue weighted by molar-refractivity contribution is 0.102. The van der Waals surface area contributed by atoms with Crippen molar-refractivity contribution in [1.29, 1.82) is 0 Å². The van der Waals surface area contributed by atoms with Crippen molar-refractivity contribution < 1.29 is 4.79 Å². The number of aromatic nitrogens is 4. The molecule has 0 saturated carbocycles. The molecule has 0 bridgehead atoms. The zero-order valence-electron chi connectivity index (χ0n) is 13.8. The molecule has 0 radical (unpaired) electrons. The number of rotatable bonds is 3. The van der Waals surface area contributed by atoms with Crippen LogP contribution in [0.3, 0.4) is 0 Å². The molecule has 0 fully saturated rings. The number of halogens is 1. The largest absolute Gasteiger partial charge is 0.298 e. The van der Waals surface area contributed by atoms with Crippen LogP contribution >= 0.6 is 15.9 Å². The van der Waals surface area contributed by atoms with Crippen molar-refractivity contribution in [3.8, 4) is 11.4 Å². The standard InChI is InChI=1S/C19H14BrN5O/c1-12-17(25-11-3-2-4-16(25)22-12)15-9-10-21-19(23-15)24-18(26)13-5-7-14(20)8-6-13/h2-11H,1H3,(H,21,23,24,26). The Morgan fingerprint density at radius 3 is 2.69 bits per heavy atom. The number of fused-ring (bicyclic) bond motifs is 1. The molecule has 26 heavy (non-hydrogen) atoms. The van der Waals surface area contributed by atoms with Gasteiger partial charge in [0.25, 0.3) is 5.91 Å². The zero-order chi connectivity index (χ0) is 18.1. The highest BCUT2D eigenvalue weighted by atomic mass is 79.9. The van der Waals surface area contributed by atoms with Gasteiger partial charge in [-0.3, -0.25) is 14.5 Å². The number of nitrogens with zero attached hydrogens (tertiary/aromatic N) is 4. The number of pyridine rings is 1. The van der Waals surface area contributed by atoms with E-state index in [0.29, 0.717) is 11.3 Å². The maximum Gasteiger partial charge on any atom is 0.258 e. The summed E-state index contributed by atoms with van der Waals surface area (Å²) in [5.74, 6) is -0.00906. The van der Waals surface area contributed by atoms with Crippen LogP contribution in [0.25, 0.3) is 17.0 Å². The molecular weight excluding hydrogens is 394 g/mol. The number of carbonyl (C=O) groups excluding carboxylic acids is 1. The fourth-order valence-electron chi connectivity index (χ4n) is 2.75. The van der Waals surface area contributed by atoms with Crippen LogP contribution in [0, 0.1) is 6.92 Å². The third-order valence-electron chi connectivity index (χ3n) is 3.93. The van der Waals surface area contributed by atoms with E-state index in [1.54, 1.807) is 24.4 Å². The molecule has 1 amide bonds. The van der Waals surface area contributed by atoms with E-state index in [2.05, 4.69) is 36.2 Å². The van der Waals surface area contributed by atoms with Crippen LogP contribution < -0.4 is 5.32 Å². The Balaban J connectivity index is 1.67. The molecule has 3 aromatic heterocycles. The molecule has 1 N–H and O–H groups in total. The van der Waals surface area contributed by atoms with Crippen molar-refractivity contribution in [3.05, 3.63) is 76.7 Å². The first-order valence-corrected chi connectivity index (χ1v) is 8.75. The lowest BCUT2D eigenvalue weighted by Crippen LogP contribution is -2.14. The maximum atomic E-state index is 12.4. The third kappa shape index (κ3) is 3.09. The zero-order valence-corrected chi connectivity index (χ0v) is 15.4. The van der Waals surface area contributed by atoms with E-state index in [0.717, 1.165) is 21.5 Å². The summed E-state index contributed by atoms with van der Waals surface area (Å²) in [6, 6.07) is 14.7. The van der Waals surface area contributed by atoms with Crippen molar-refractivity contribution in [3.63, 3.8) is 0 Å². The number of hydrogen-bond donors (Lipinski definition) is 1. The van der Waals surface area contributed by atoms with E-state index in [-0.39, 0.29) is 11.9 Å². The average Bonchev–Trinajstić information content (AvgIpc) is 2.98. The molecule has 1 aromatic carbocycles.